The number of hydrogen-bond acceptors (Lipinski definition) is 5. The topological polar surface area (TPSA) is 36.4 Å². The Morgan fingerprint density at radius 1 is 1.50 bits per heavy atom. The van der Waals surface area contributed by atoms with Gasteiger partial charge < -0.3 is 10.0 Å². The lowest BCUT2D eigenvalue weighted by Crippen LogP contribution is -2.24. The van der Waals surface area contributed by atoms with Crippen LogP contribution in [0.25, 0.3) is 0 Å². The third kappa shape index (κ3) is 2.75. The van der Waals surface area contributed by atoms with Crippen molar-refractivity contribution in [1.29, 1.82) is 0 Å². The van der Waals surface area contributed by atoms with E-state index >= 15 is 0 Å². The molecule has 20 heavy (non-hydrogen) atoms. The summed E-state index contributed by atoms with van der Waals surface area (Å²) in [7, 11) is 2.07. The molecule has 1 atom stereocenters. The first kappa shape index (κ1) is 14.0. The van der Waals surface area contributed by atoms with E-state index in [-0.39, 0.29) is 11.5 Å². The maximum Gasteiger partial charge on any atom is 0.185 e. The molecule has 3 nitrogen and oxygen atoms in total. The van der Waals surface area contributed by atoms with E-state index in [0.717, 1.165) is 35.1 Å². The number of anilines is 1. The molecule has 2 heterocycles. The van der Waals surface area contributed by atoms with Gasteiger partial charge in [-0.15, -0.1) is 11.3 Å². The Bertz CT molecular complexity index is 589. The van der Waals surface area contributed by atoms with Gasteiger partial charge in [0, 0.05) is 11.9 Å². The Morgan fingerprint density at radius 2 is 2.30 bits per heavy atom. The Labute approximate surface area is 127 Å². The summed E-state index contributed by atoms with van der Waals surface area (Å²) in [5, 5.41) is 13.4. The molecule has 0 spiro atoms. The molecule has 2 aromatic heterocycles. The second kappa shape index (κ2) is 5.13. The summed E-state index contributed by atoms with van der Waals surface area (Å²) in [6.07, 6.45) is 1.44. The van der Waals surface area contributed by atoms with Crippen LogP contribution >= 0.6 is 22.7 Å². The molecular formula is C15H20N2OS2. The maximum absolute atomic E-state index is 10.3. The summed E-state index contributed by atoms with van der Waals surface area (Å²) in [5.74, 6) is 0. The maximum atomic E-state index is 10.3. The predicted molar refractivity (Wildman–Crippen MR) is 85.6 cm³/mol. The van der Waals surface area contributed by atoms with Gasteiger partial charge in [-0.05, 0) is 29.7 Å². The molecule has 108 valence electrons. The zero-order valence-corrected chi connectivity index (χ0v) is 13.7. The van der Waals surface area contributed by atoms with E-state index in [1.807, 2.05) is 0 Å². The molecule has 3 rings (SSSR count). The number of rotatable bonds is 3. The van der Waals surface area contributed by atoms with E-state index in [0.29, 0.717) is 0 Å². The molecule has 0 saturated carbocycles. The summed E-state index contributed by atoms with van der Waals surface area (Å²) >= 11 is 3.41. The second-order valence-corrected chi connectivity index (χ2v) is 8.35. The van der Waals surface area contributed by atoms with Gasteiger partial charge in [0.1, 0.15) is 0 Å². The Kier molecular flexibility index (Phi) is 3.60. The first-order valence-corrected chi connectivity index (χ1v) is 8.55. The number of aromatic nitrogens is 1. The molecule has 0 saturated heterocycles. The standard InChI is InChI=1S/C15H20N2OS2/c1-15(2)7-11-13(12(18)8-15)20-14(16-11)17(3)9-10-5-4-6-19-10/h4-6,12,18H,7-9H2,1-3H3. The smallest absolute Gasteiger partial charge is 0.185 e. The van der Waals surface area contributed by atoms with Crippen molar-refractivity contribution in [2.45, 2.75) is 39.3 Å². The fraction of sp³-hybridized carbons (Fsp3) is 0.533. The molecule has 1 unspecified atom stereocenters. The molecular weight excluding hydrogens is 288 g/mol. The summed E-state index contributed by atoms with van der Waals surface area (Å²) < 4.78 is 0. The van der Waals surface area contributed by atoms with Crippen molar-refractivity contribution in [3.05, 3.63) is 33.0 Å². The van der Waals surface area contributed by atoms with Gasteiger partial charge in [0.25, 0.3) is 0 Å². The predicted octanol–water partition coefficient (Wildman–Crippen LogP) is 3.85. The Morgan fingerprint density at radius 3 is 3.00 bits per heavy atom. The molecule has 1 aliphatic carbocycles. The SMILES string of the molecule is CN(Cc1cccs1)c1nc2c(s1)C(O)CC(C)(C)C2. The van der Waals surface area contributed by atoms with Crippen LogP contribution in [0.2, 0.25) is 0 Å². The number of fused-ring (bicyclic) bond motifs is 1. The average Bonchev–Trinajstić information content (AvgIpc) is 2.96. The largest absolute Gasteiger partial charge is 0.387 e. The van der Waals surface area contributed by atoms with Crippen LogP contribution in [0.3, 0.4) is 0 Å². The molecule has 0 fully saturated rings. The van der Waals surface area contributed by atoms with Crippen LogP contribution in [-0.4, -0.2) is 17.1 Å². The van der Waals surface area contributed by atoms with Crippen molar-refractivity contribution in [2.24, 2.45) is 5.41 Å². The van der Waals surface area contributed by atoms with Crippen molar-refractivity contribution >= 4 is 27.8 Å². The third-order valence-electron chi connectivity index (χ3n) is 3.71. The van der Waals surface area contributed by atoms with Crippen LogP contribution in [0.1, 0.15) is 41.8 Å². The molecule has 0 radical (unpaired) electrons. The molecule has 0 aliphatic heterocycles. The lowest BCUT2D eigenvalue weighted by Gasteiger charge is -2.31. The van der Waals surface area contributed by atoms with Crippen LogP contribution in [0.4, 0.5) is 5.13 Å². The zero-order valence-electron chi connectivity index (χ0n) is 12.1. The highest BCUT2D eigenvalue weighted by molar-refractivity contribution is 7.15. The van der Waals surface area contributed by atoms with Crippen LogP contribution < -0.4 is 4.90 Å². The zero-order chi connectivity index (χ0) is 14.3. The van der Waals surface area contributed by atoms with Gasteiger partial charge in [-0.3, -0.25) is 0 Å². The van der Waals surface area contributed by atoms with Crippen LogP contribution in [0, 0.1) is 5.41 Å². The highest BCUT2D eigenvalue weighted by Crippen LogP contribution is 2.44. The summed E-state index contributed by atoms with van der Waals surface area (Å²) in [5.41, 5.74) is 1.23. The van der Waals surface area contributed by atoms with Gasteiger partial charge in [0.05, 0.1) is 23.2 Å². The van der Waals surface area contributed by atoms with Crippen LogP contribution in [0.5, 0.6) is 0 Å². The van der Waals surface area contributed by atoms with Gasteiger partial charge in [-0.1, -0.05) is 31.3 Å². The van der Waals surface area contributed by atoms with Gasteiger partial charge >= 0.3 is 0 Å². The normalized spacial score (nSPS) is 20.7. The fourth-order valence-corrected chi connectivity index (χ4v) is 4.53. The lowest BCUT2D eigenvalue weighted by molar-refractivity contribution is 0.102. The summed E-state index contributed by atoms with van der Waals surface area (Å²) in [6, 6.07) is 4.22. The van der Waals surface area contributed by atoms with Crippen molar-refractivity contribution < 1.29 is 5.11 Å². The Hall–Kier alpha value is -0.910. The van der Waals surface area contributed by atoms with Gasteiger partial charge in [-0.25, -0.2) is 4.98 Å². The lowest BCUT2D eigenvalue weighted by atomic mass is 9.77. The minimum atomic E-state index is -0.352. The monoisotopic (exact) mass is 308 g/mol. The highest BCUT2D eigenvalue weighted by Gasteiger charge is 2.34. The summed E-state index contributed by atoms with van der Waals surface area (Å²) in [6.45, 7) is 5.28. The van der Waals surface area contributed by atoms with Gasteiger partial charge in [0.2, 0.25) is 0 Å². The number of thiazole rings is 1. The first-order chi connectivity index (χ1) is 9.44. The fourth-order valence-electron chi connectivity index (χ4n) is 2.75. The number of nitrogens with zero attached hydrogens (tertiary/aromatic N) is 2. The molecule has 1 aliphatic rings. The molecule has 5 heteroatoms. The number of thiophene rings is 1. The van der Waals surface area contributed by atoms with Gasteiger partial charge in [0.15, 0.2) is 5.13 Å². The number of hydrogen-bond donors (Lipinski definition) is 1. The second-order valence-electron chi connectivity index (χ2n) is 6.30. The first-order valence-electron chi connectivity index (χ1n) is 6.86. The van der Waals surface area contributed by atoms with Gasteiger partial charge in [-0.2, -0.15) is 0 Å². The molecule has 0 bridgehead atoms. The van der Waals surface area contributed by atoms with Crippen LogP contribution in [-0.2, 0) is 13.0 Å². The molecule has 0 aromatic carbocycles. The minimum Gasteiger partial charge on any atom is -0.387 e. The molecule has 2 aromatic rings. The van der Waals surface area contributed by atoms with Crippen molar-refractivity contribution in [1.82, 2.24) is 4.98 Å². The summed E-state index contributed by atoms with van der Waals surface area (Å²) in [4.78, 5) is 9.34. The number of aliphatic hydroxyl groups is 1. The van der Waals surface area contributed by atoms with E-state index in [1.54, 1.807) is 22.7 Å². The van der Waals surface area contributed by atoms with E-state index in [2.05, 4.69) is 43.3 Å². The van der Waals surface area contributed by atoms with E-state index in [1.165, 1.54) is 4.88 Å². The highest BCUT2D eigenvalue weighted by atomic mass is 32.1. The van der Waals surface area contributed by atoms with Crippen molar-refractivity contribution in [2.75, 3.05) is 11.9 Å². The van der Waals surface area contributed by atoms with Crippen molar-refractivity contribution in [3.8, 4) is 0 Å². The quantitative estimate of drug-likeness (QED) is 0.935. The third-order valence-corrected chi connectivity index (χ3v) is 5.88. The molecule has 1 N–H and O–H groups in total. The van der Waals surface area contributed by atoms with E-state index < -0.39 is 0 Å². The average molecular weight is 308 g/mol. The molecule has 0 amide bonds. The van der Waals surface area contributed by atoms with E-state index in [9.17, 15) is 5.11 Å². The minimum absolute atomic E-state index is 0.143. The van der Waals surface area contributed by atoms with E-state index in [4.69, 9.17) is 4.98 Å². The van der Waals surface area contributed by atoms with Crippen LogP contribution in [0.15, 0.2) is 17.5 Å². The van der Waals surface area contributed by atoms with Crippen molar-refractivity contribution in [3.63, 3.8) is 0 Å². The Balaban J connectivity index is 1.82. The number of aliphatic hydroxyl groups excluding tert-OH is 1.